The molecule has 1 aromatic carbocycles. The number of carboxylic acids is 1. The Morgan fingerprint density at radius 2 is 2.27 bits per heavy atom. The largest absolute Gasteiger partial charge is 0.497 e. The fraction of sp³-hybridized carbons (Fsp3) is 0.300. The summed E-state index contributed by atoms with van der Waals surface area (Å²) in [6.07, 6.45) is -0.0577. The molecule has 0 aromatic heterocycles. The van der Waals surface area contributed by atoms with Gasteiger partial charge >= 0.3 is 5.97 Å². The highest BCUT2D eigenvalue weighted by Crippen LogP contribution is 2.28. The molecule has 0 radical (unpaired) electrons. The van der Waals surface area contributed by atoms with E-state index < -0.39 is 5.97 Å². The van der Waals surface area contributed by atoms with Gasteiger partial charge in [0, 0.05) is 10.4 Å². The molecular formula is C10H10BrClO3. The smallest absolute Gasteiger partial charge is 0.307 e. The fourth-order valence-electron chi connectivity index (χ4n) is 1.25. The Balaban J connectivity index is 3.19. The maximum Gasteiger partial charge on any atom is 0.307 e. The van der Waals surface area contributed by atoms with E-state index in [4.69, 9.17) is 21.4 Å². The first-order valence-electron chi connectivity index (χ1n) is 4.21. The van der Waals surface area contributed by atoms with Gasteiger partial charge in [0.25, 0.3) is 0 Å². The van der Waals surface area contributed by atoms with Crippen LogP contribution in [0.1, 0.15) is 11.1 Å². The predicted molar refractivity (Wildman–Crippen MR) is 62.0 cm³/mol. The summed E-state index contributed by atoms with van der Waals surface area (Å²) < 4.78 is 5.02. The van der Waals surface area contributed by atoms with Crippen molar-refractivity contribution in [1.82, 2.24) is 0 Å². The lowest BCUT2D eigenvalue weighted by molar-refractivity contribution is -0.136. The fourth-order valence-corrected chi connectivity index (χ4v) is 2.37. The van der Waals surface area contributed by atoms with Crippen LogP contribution < -0.4 is 4.74 Å². The summed E-state index contributed by atoms with van der Waals surface area (Å²) in [5, 5.41) is 9.78. The zero-order chi connectivity index (χ0) is 11.4. The van der Waals surface area contributed by atoms with Gasteiger partial charge in [-0.1, -0.05) is 27.5 Å². The van der Waals surface area contributed by atoms with Crippen molar-refractivity contribution in [3.05, 3.63) is 28.3 Å². The second-order valence-electron chi connectivity index (χ2n) is 2.95. The molecule has 82 valence electrons. The summed E-state index contributed by atoms with van der Waals surface area (Å²) in [6, 6.07) is 3.36. The molecule has 1 N–H and O–H groups in total. The van der Waals surface area contributed by atoms with Crippen molar-refractivity contribution in [2.75, 3.05) is 7.11 Å². The molecule has 0 unspecified atom stereocenters. The topological polar surface area (TPSA) is 46.5 Å². The highest BCUT2D eigenvalue weighted by atomic mass is 79.9. The van der Waals surface area contributed by atoms with Gasteiger partial charge in [0.05, 0.1) is 13.5 Å². The maximum atomic E-state index is 10.6. The zero-order valence-corrected chi connectivity index (χ0v) is 10.4. The number of methoxy groups -OCH3 is 1. The van der Waals surface area contributed by atoms with Crippen LogP contribution in [0, 0.1) is 0 Å². The van der Waals surface area contributed by atoms with Crippen LogP contribution in [0.15, 0.2) is 12.1 Å². The molecule has 1 aromatic rings. The number of aliphatic carboxylic acids is 1. The third-order valence-corrected chi connectivity index (χ3v) is 2.87. The second kappa shape index (κ2) is 5.37. The molecule has 3 nitrogen and oxygen atoms in total. The van der Waals surface area contributed by atoms with Crippen LogP contribution >= 0.6 is 27.5 Å². The van der Waals surface area contributed by atoms with E-state index in [1.807, 2.05) is 0 Å². The number of benzene rings is 1. The summed E-state index contributed by atoms with van der Waals surface area (Å²) in [7, 11) is 1.52. The first-order chi connectivity index (χ1) is 7.08. The van der Waals surface area contributed by atoms with Gasteiger partial charge in [-0.25, -0.2) is 0 Å². The first kappa shape index (κ1) is 12.3. The molecule has 0 saturated carbocycles. The number of carboxylic acid groups (broad SMARTS) is 1. The molecule has 15 heavy (non-hydrogen) atoms. The van der Waals surface area contributed by atoms with E-state index in [-0.39, 0.29) is 6.42 Å². The lowest BCUT2D eigenvalue weighted by Crippen LogP contribution is -2.04. The van der Waals surface area contributed by atoms with Crippen molar-refractivity contribution < 1.29 is 14.6 Å². The second-order valence-corrected chi connectivity index (χ2v) is 3.92. The van der Waals surface area contributed by atoms with Crippen LogP contribution in [-0.2, 0) is 16.5 Å². The van der Waals surface area contributed by atoms with Gasteiger partial charge in [-0.3, -0.25) is 4.79 Å². The monoisotopic (exact) mass is 292 g/mol. The van der Waals surface area contributed by atoms with Gasteiger partial charge < -0.3 is 9.84 Å². The molecule has 1 rings (SSSR count). The Morgan fingerprint density at radius 3 is 2.73 bits per heavy atom. The number of alkyl halides is 1. The summed E-state index contributed by atoms with van der Waals surface area (Å²) in [6.45, 7) is 0. The van der Waals surface area contributed by atoms with Gasteiger partial charge in [0.2, 0.25) is 0 Å². The number of rotatable bonds is 4. The maximum absolute atomic E-state index is 10.6. The molecule has 0 aliphatic heterocycles. The zero-order valence-electron chi connectivity index (χ0n) is 8.09. The van der Waals surface area contributed by atoms with Crippen molar-refractivity contribution in [2.45, 2.75) is 11.8 Å². The lowest BCUT2D eigenvalue weighted by atomic mass is 10.1. The van der Waals surface area contributed by atoms with E-state index in [2.05, 4.69) is 15.9 Å². The van der Waals surface area contributed by atoms with E-state index in [0.29, 0.717) is 21.7 Å². The van der Waals surface area contributed by atoms with E-state index in [1.54, 1.807) is 12.1 Å². The third kappa shape index (κ3) is 3.11. The molecule has 0 saturated heterocycles. The van der Waals surface area contributed by atoms with Gasteiger partial charge in [0.1, 0.15) is 5.75 Å². The van der Waals surface area contributed by atoms with E-state index in [9.17, 15) is 4.79 Å². The minimum Gasteiger partial charge on any atom is -0.497 e. The number of ether oxygens (including phenoxy) is 1. The van der Waals surface area contributed by atoms with Gasteiger partial charge in [-0.2, -0.15) is 0 Å². The molecule has 5 heteroatoms. The van der Waals surface area contributed by atoms with Crippen LogP contribution in [-0.4, -0.2) is 18.2 Å². The Morgan fingerprint density at radius 1 is 1.60 bits per heavy atom. The Kier molecular flexibility index (Phi) is 4.42. The van der Waals surface area contributed by atoms with Gasteiger partial charge in [-0.05, 0) is 23.3 Å². The Labute approximate surface area is 101 Å². The molecule has 0 aliphatic carbocycles. The highest BCUT2D eigenvalue weighted by molar-refractivity contribution is 9.08. The average molecular weight is 294 g/mol. The Hall–Kier alpha value is -0.740. The summed E-state index contributed by atoms with van der Waals surface area (Å²) in [5.74, 6) is -0.317. The van der Waals surface area contributed by atoms with Gasteiger partial charge in [-0.15, -0.1) is 0 Å². The van der Waals surface area contributed by atoms with E-state index in [0.717, 1.165) is 5.56 Å². The van der Waals surface area contributed by atoms with Crippen molar-refractivity contribution >= 4 is 33.5 Å². The third-order valence-electron chi connectivity index (χ3n) is 1.97. The van der Waals surface area contributed by atoms with Crippen LogP contribution in [0.4, 0.5) is 0 Å². The molecule has 0 aliphatic rings. The van der Waals surface area contributed by atoms with Crippen LogP contribution in [0.5, 0.6) is 5.75 Å². The van der Waals surface area contributed by atoms with Crippen molar-refractivity contribution in [3.63, 3.8) is 0 Å². The molecular weight excluding hydrogens is 283 g/mol. The van der Waals surface area contributed by atoms with Crippen molar-refractivity contribution in [3.8, 4) is 5.75 Å². The molecule has 0 heterocycles. The quantitative estimate of drug-likeness (QED) is 0.868. The normalized spacial score (nSPS) is 10.1. The number of halogens is 2. The van der Waals surface area contributed by atoms with E-state index >= 15 is 0 Å². The molecule has 0 amide bonds. The highest BCUT2D eigenvalue weighted by Gasteiger charge is 2.11. The number of carbonyl (C=O) groups is 1. The summed E-state index contributed by atoms with van der Waals surface area (Å²) in [4.78, 5) is 10.6. The average Bonchev–Trinajstić information content (AvgIpc) is 2.16. The number of hydrogen-bond acceptors (Lipinski definition) is 2. The van der Waals surface area contributed by atoms with Crippen molar-refractivity contribution in [1.29, 1.82) is 0 Å². The minimum absolute atomic E-state index is 0.0577. The number of hydrogen-bond donors (Lipinski definition) is 1. The predicted octanol–water partition coefficient (Wildman–Crippen LogP) is 2.87. The molecule has 0 fully saturated rings. The molecule has 0 bridgehead atoms. The molecule has 0 atom stereocenters. The lowest BCUT2D eigenvalue weighted by Gasteiger charge is -2.10. The van der Waals surface area contributed by atoms with Crippen molar-refractivity contribution in [2.24, 2.45) is 0 Å². The standard InChI is InChI=1S/C10H10BrClO3/c1-15-7-2-6(3-10(13)14)8(5-11)9(12)4-7/h2,4H,3,5H2,1H3,(H,13,14). The van der Waals surface area contributed by atoms with E-state index in [1.165, 1.54) is 7.11 Å². The summed E-state index contributed by atoms with van der Waals surface area (Å²) in [5.41, 5.74) is 1.46. The minimum atomic E-state index is -0.887. The molecule has 0 spiro atoms. The summed E-state index contributed by atoms with van der Waals surface area (Å²) >= 11 is 9.27. The van der Waals surface area contributed by atoms with Crippen LogP contribution in [0.25, 0.3) is 0 Å². The van der Waals surface area contributed by atoms with Crippen LogP contribution in [0.2, 0.25) is 5.02 Å². The Bertz CT molecular complexity index is 379. The van der Waals surface area contributed by atoms with Gasteiger partial charge in [0.15, 0.2) is 0 Å². The van der Waals surface area contributed by atoms with Crippen LogP contribution in [0.3, 0.4) is 0 Å². The first-order valence-corrected chi connectivity index (χ1v) is 5.71. The SMILES string of the molecule is COc1cc(Cl)c(CBr)c(CC(=O)O)c1.